The van der Waals surface area contributed by atoms with E-state index in [9.17, 15) is 4.79 Å². The fourth-order valence-electron chi connectivity index (χ4n) is 7.98. The van der Waals surface area contributed by atoms with Gasteiger partial charge in [0.1, 0.15) is 5.60 Å². The van der Waals surface area contributed by atoms with Gasteiger partial charge in [0.15, 0.2) is 17.7 Å². The number of hydrogen-bond acceptors (Lipinski definition) is 3. The van der Waals surface area contributed by atoms with Crippen LogP contribution in [0.1, 0.15) is 63.6 Å². The van der Waals surface area contributed by atoms with E-state index < -0.39 is 17.5 Å². The lowest BCUT2D eigenvalue weighted by Crippen LogP contribution is -2.54. The van der Waals surface area contributed by atoms with E-state index in [1.165, 1.54) is 35.0 Å². The molecule has 0 radical (unpaired) electrons. The molecular formula is C26H29NO3. The number of rotatable bonds is 0. The van der Waals surface area contributed by atoms with Gasteiger partial charge in [-0.25, -0.2) is 0 Å². The summed E-state index contributed by atoms with van der Waals surface area (Å²) in [6.45, 7) is 6.47. The molecule has 1 N–H and O–H groups in total. The molecule has 156 valence electrons. The molecule has 4 nitrogen and oxygen atoms in total. The summed E-state index contributed by atoms with van der Waals surface area (Å²) >= 11 is 0. The molecule has 1 aromatic heterocycles. The molecule has 1 aromatic carbocycles. The Morgan fingerprint density at radius 3 is 2.80 bits per heavy atom. The smallest absolute Gasteiger partial charge is 0.193 e. The van der Waals surface area contributed by atoms with Crippen molar-refractivity contribution in [2.24, 2.45) is 17.3 Å². The average Bonchev–Trinajstić information content (AvgIpc) is 3.31. The minimum absolute atomic E-state index is 0.0900. The summed E-state index contributed by atoms with van der Waals surface area (Å²) in [7, 11) is 0. The summed E-state index contributed by atoms with van der Waals surface area (Å²) in [6.07, 6.45) is 6.88. The van der Waals surface area contributed by atoms with Crippen LogP contribution in [0.15, 0.2) is 35.9 Å². The topological polar surface area (TPSA) is 51.3 Å². The van der Waals surface area contributed by atoms with E-state index >= 15 is 0 Å². The fraction of sp³-hybridized carbons (Fsp3) is 0.577. The zero-order chi connectivity index (χ0) is 20.5. The van der Waals surface area contributed by atoms with Crippen LogP contribution >= 0.6 is 0 Å². The predicted octanol–water partition coefficient (Wildman–Crippen LogP) is 5.03. The van der Waals surface area contributed by atoms with Gasteiger partial charge in [0.25, 0.3) is 0 Å². The highest BCUT2D eigenvalue weighted by molar-refractivity contribution is 5.97. The first kappa shape index (κ1) is 17.7. The van der Waals surface area contributed by atoms with Crippen molar-refractivity contribution in [2.45, 2.75) is 76.3 Å². The van der Waals surface area contributed by atoms with Crippen LogP contribution < -0.4 is 0 Å². The lowest BCUT2D eigenvalue weighted by molar-refractivity contribution is -0.199. The Bertz CT molecular complexity index is 1140. The Kier molecular flexibility index (Phi) is 3.12. The number of carbonyl (C=O) groups excluding carboxylic acids is 1. The van der Waals surface area contributed by atoms with E-state index in [4.69, 9.17) is 9.47 Å². The van der Waals surface area contributed by atoms with Gasteiger partial charge >= 0.3 is 0 Å². The Morgan fingerprint density at radius 1 is 1.10 bits per heavy atom. The molecule has 2 aromatic rings. The highest BCUT2D eigenvalue weighted by atomic mass is 16.8. The Labute approximate surface area is 177 Å². The van der Waals surface area contributed by atoms with E-state index in [0.29, 0.717) is 17.8 Å². The van der Waals surface area contributed by atoms with Gasteiger partial charge in [0, 0.05) is 28.9 Å². The minimum Gasteiger partial charge on any atom is -0.358 e. The third-order valence-electron chi connectivity index (χ3n) is 9.16. The zero-order valence-corrected chi connectivity index (χ0v) is 18.0. The standard InChI is InChI=1S/C26H29NO3/c1-24(2)23-20(28)13-18-17-9-8-14-12-16-15-6-4-5-7-19(15)27-22(16)21(14)25(17,3)10-11-26(18,29-23)30-24/h4-7,13-14,17,21,23,27H,8-12H2,1-3H3/t14?,17?,21?,23-,25-,26?/m0/s1. The first-order chi connectivity index (χ1) is 14.3. The molecule has 1 saturated heterocycles. The van der Waals surface area contributed by atoms with Gasteiger partial charge in [0.05, 0.1) is 0 Å². The van der Waals surface area contributed by atoms with Crippen LogP contribution in [0.5, 0.6) is 0 Å². The molecule has 4 heteroatoms. The monoisotopic (exact) mass is 403 g/mol. The molecule has 6 atom stereocenters. The maximum atomic E-state index is 13.0. The van der Waals surface area contributed by atoms with Crippen molar-refractivity contribution in [2.75, 3.05) is 0 Å². The van der Waals surface area contributed by atoms with Crippen molar-refractivity contribution < 1.29 is 14.3 Å². The fourth-order valence-corrected chi connectivity index (χ4v) is 7.98. The van der Waals surface area contributed by atoms with E-state index in [2.05, 4.69) is 36.2 Å². The maximum absolute atomic E-state index is 13.0. The third-order valence-corrected chi connectivity index (χ3v) is 9.16. The number of nitrogens with one attached hydrogen (secondary N) is 1. The van der Waals surface area contributed by atoms with Crippen LogP contribution in [0.3, 0.4) is 0 Å². The summed E-state index contributed by atoms with van der Waals surface area (Å²) in [4.78, 5) is 16.8. The van der Waals surface area contributed by atoms with Crippen molar-refractivity contribution >= 4 is 16.7 Å². The van der Waals surface area contributed by atoms with Crippen molar-refractivity contribution in [3.63, 3.8) is 0 Å². The molecule has 2 bridgehead atoms. The zero-order valence-electron chi connectivity index (χ0n) is 18.0. The van der Waals surface area contributed by atoms with E-state index in [1.807, 2.05) is 19.9 Å². The quantitative estimate of drug-likeness (QED) is 0.671. The van der Waals surface area contributed by atoms with Gasteiger partial charge < -0.3 is 14.5 Å². The van der Waals surface area contributed by atoms with E-state index in [0.717, 1.165) is 24.8 Å². The summed E-state index contributed by atoms with van der Waals surface area (Å²) < 4.78 is 12.9. The summed E-state index contributed by atoms with van der Waals surface area (Å²) in [5.41, 5.74) is 4.95. The van der Waals surface area contributed by atoms with Crippen LogP contribution in [0.2, 0.25) is 0 Å². The first-order valence-corrected chi connectivity index (χ1v) is 11.6. The molecule has 3 aliphatic carbocycles. The Morgan fingerprint density at radius 2 is 1.93 bits per heavy atom. The predicted molar refractivity (Wildman–Crippen MR) is 114 cm³/mol. The molecule has 3 fully saturated rings. The number of carbonyl (C=O) groups is 1. The second kappa shape index (κ2) is 5.28. The number of fused-ring (bicyclic) bond motifs is 9. The normalized spacial score (nSPS) is 43.0. The molecular weight excluding hydrogens is 374 g/mol. The maximum Gasteiger partial charge on any atom is 0.193 e. The van der Waals surface area contributed by atoms with Crippen molar-refractivity contribution in [1.82, 2.24) is 4.98 Å². The van der Waals surface area contributed by atoms with Crippen LogP contribution in [0, 0.1) is 17.3 Å². The van der Waals surface area contributed by atoms with Crippen LogP contribution in [-0.2, 0) is 20.7 Å². The Hall–Kier alpha value is -1.91. The summed E-state index contributed by atoms with van der Waals surface area (Å²) in [6, 6.07) is 8.74. The molecule has 0 amide bonds. The van der Waals surface area contributed by atoms with Crippen LogP contribution in [-0.4, -0.2) is 28.3 Å². The summed E-state index contributed by atoms with van der Waals surface area (Å²) in [5.74, 6) is 0.955. The number of para-hydroxylation sites is 1. The van der Waals surface area contributed by atoms with Crippen molar-refractivity contribution in [3.8, 4) is 0 Å². The molecule has 7 rings (SSSR count). The number of H-pyrrole nitrogens is 1. The average molecular weight is 404 g/mol. The number of benzene rings is 1. The number of aromatic nitrogens is 1. The third kappa shape index (κ3) is 1.94. The van der Waals surface area contributed by atoms with Gasteiger partial charge in [-0.15, -0.1) is 0 Å². The molecule has 3 heterocycles. The molecule has 4 unspecified atom stereocenters. The van der Waals surface area contributed by atoms with Gasteiger partial charge in [-0.1, -0.05) is 25.1 Å². The molecule has 1 spiro atoms. The summed E-state index contributed by atoms with van der Waals surface area (Å²) in [5, 5.41) is 1.40. The molecule has 30 heavy (non-hydrogen) atoms. The SMILES string of the molecule is CC1(C)OC23CC[C@@]4(C)C(CCC5Cc6c([nH]c7ccccc67)C54)C2=CC(=O)[C@@H]1O3. The Balaban J connectivity index is 1.36. The van der Waals surface area contributed by atoms with Gasteiger partial charge in [-0.2, -0.15) is 0 Å². The van der Waals surface area contributed by atoms with Crippen LogP contribution in [0.25, 0.3) is 10.9 Å². The molecule has 5 aliphatic rings. The van der Waals surface area contributed by atoms with Crippen molar-refractivity contribution in [3.05, 3.63) is 47.2 Å². The first-order valence-electron chi connectivity index (χ1n) is 11.6. The highest BCUT2D eigenvalue weighted by Gasteiger charge is 2.66. The number of hydrogen-bond donors (Lipinski definition) is 1. The van der Waals surface area contributed by atoms with Gasteiger partial charge in [-0.05, 0) is 80.1 Å². The lowest BCUT2D eigenvalue weighted by Gasteiger charge is -2.57. The lowest BCUT2D eigenvalue weighted by atomic mass is 9.50. The van der Waals surface area contributed by atoms with Crippen LogP contribution in [0.4, 0.5) is 0 Å². The minimum atomic E-state index is -0.680. The number of ether oxygens (including phenoxy) is 2. The second-order valence-electron chi connectivity index (χ2n) is 11.1. The number of ketones is 1. The van der Waals surface area contributed by atoms with Gasteiger partial charge in [-0.3, -0.25) is 4.79 Å². The molecule has 2 saturated carbocycles. The van der Waals surface area contributed by atoms with Gasteiger partial charge in [0.2, 0.25) is 0 Å². The second-order valence-corrected chi connectivity index (χ2v) is 11.1. The van der Waals surface area contributed by atoms with Crippen molar-refractivity contribution in [1.29, 1.82) is 0 Å². The number of aromatic amines is 1. The highest BCUT2D eigenvalue weighted by Crippen LogP contribution is 2.68. The van der Waals surface area contributed by atoms with E-state index in [-0.39, 0.29) is 11.2 Å². The van der Waals surface area contributed by atoms with E-state index in [1.54, 1.807) is 0 Å². The molecule has 2 aliphatic heterocycles. The largest absolute Gasteiger partial charge is 0.358 e.